The SMILES string of the molecule is COCCNC(=S)N1CCc2cc(OC)c(OC)cc2[C@H]1COc1ccc(C(C)C)cc1. The third-order valence-electron chi connectivity index (χ3n) is 5.80. The number of fused-ring (bicyclic) bond motifs is 1. The van der Waals surface area contributed by atoms with Gasteiger partial charge in [0.25, 0.3) is 0 Å². The van der Waals surface area contributed by atoms with Gasteiger partial charge >= 0.3 is 0 Å². The smallest absolute Gasteiger partial charge is 0.169 e. The van der Waals surface area contributed by atoms with E-state index in [2.05, 4.69) is 42.3 Å². The third-order valence-corrected chi connectivity index (χ3v) is 6.18. The minimum absolute atomic E-state index is 0.0501. The van der Waals surface area contributed by atoms with E-state index in [0.29, 0.717) is 36.5 Å². The van der Waals surface area contributed by atoms with Crippen molar-refractivity contribution in [3.8, 4) is 17.2 Å². The molecule has 1 heterocycles. The van der Waals surface area contributed by atoms with Crippen molar-refractivity contribution in [2.75, 3.05) is 47.6 Å². The summed E-state index contributed by atoms with van der Waals surface area (Å²) in [6, 6.07) is 12.4. The van der Waals surface area contributed by atoms with Gasteiger partial charge in [-0.25, -0.2) is 0 Å². The average molecular weight is 459 g/mol. The van der Waals surface area contributed by atoms with Gasteiger partial charge in [-0.2, -0.15) is 0 Å². The monoisotopic (exact) mass is 458 g/mol. The lowest BCUT2D eigenvalue weighted by atomic mass is 9.92. The maximum absolute atomic E-state index is 6.25. The van der Waals surface area contributed by atoms with Gasteiger partial charge in [0.2, 0.25) is 0 Å². The van der Waals surface area contributed by atoms with E-state index >= 15 is 0 Å². The first kappa shape index (κ1) is 24.1. The number of rotatable bonds is 9. The Balaban J connectivity index is 1.86. The third kappa shape index (κ3) is 5.64. The molecule has 0 spiro atoms. The highest BCUT2D eigenvalue weighted by Crippen LogP contribution is 2.38. The van der Waals surface area contributed by atoms with Crippen molar-refractivity contribution >= 4 is 17.3 Å². The standard InChI is InChI=1S/C25H34N2O4S/c1-17(2)18-6-8-20(9-7-18)31-16-22-21-15-24(30-5)23(29-4)14-19(21)10-12-27(22)25(32)26-11-13-28-3/h6-9,14-15,17,22H,10-13,16H2,1-5H3,(H,26,32)/t22-/m1/s1. The zero-order valence-corrected chi connectivity index (χ0v) is 20.5. The molecule has 0 saturated heterocycles. The van der Waals surface area contributed by atoms with Gasteiger partial charge in [-0.1, -0.05) is 26.0 Å². The van der Waals surface area contributed by atoms with E-state index in [1.54, 1.807) is 21.3 Å². The molecule has 3 rings (SSSR count). The van der Waals surface area contributed by atoms with Crippen LogP contribution in [0.5, 0.6) is 17.2 Å². The van der Waals surface area contributed by atoms with Crippen LogP contribution in [0.4, 0.5) is 0 Å². The second-order valence-corrected chi connectivity index (χ2v) is 8.51. The molecule has 7 heteroatoms. The number of nitrogens with one attached hydrogen (secondary N) is 1. The zero-order chi connectivity index (χ0) is 23.1. The van der Waals surface area contributed by atoms with E-state index in [1.165, 1.54) is 11.1 Å². The molecule has 0 aromatic heterocycles. The van der Waals surface area contributed by atoms with Crippen LogP contribution in [0.15, 0.2) is 36.4 Å². The molecule has 0 fully saturated rings. The Morgan fingerprint density at radius 1 is 1.09 bits per heavy atom. The topological polar surface area (TPSA) is 52.2 Å². The van der Waals surface area contributed by atoms with E-state index in [-0.39, 0.29) is 6.04 Å². The average Bonchev–Trinajstić information content (AvgIpc) is 2.81. The number of nitrogens with zero attached hydrogens (tertiary/aromatic N) is 1. The summed E-state index contributed by atoms with van der Waals surface area (Å²) in [6.07, 6.45) is 0.862. The highest BCUT2D eigenvalue weighted by Gasteiger charge is 2.31. The van der Waals surface area contributed by atoms with Gasteiger partial charge in [0, 0.05) is 20.2 Å². The molecular weight excluding hydrogens is 424 g/mol. The Bertz CT molecular complexity index is 902. The molecule has 0 bridgehead atoms. The predicted octanol–water partition coefficient (Wildman–Crippen LogP) is 4.33. The van der Waals surface area contributed by atoms with Crippen LogP contribution in [0.1, 0.15) is 42.5 Å². The van der Waals surface area contributed by atoms with Gasteiger partial charge in [0.1, 0.15) is 12.4 Å². The molecule has 1 aliphatic rings. The Morgan fingerprint density at radius 2 is 1.78 bits per heavy atom. The van der Waals surface area contributed by atoms with Crippen LogP contribution in [0.25, 0.3) is 0 Å². The molecule has 0 aliphatic carbocycles. The van der Waals surface area contributed by atoms with Crippen molar-refractivity contribution in [1.82, 2.24) is 10.2 Å². The van der Waals surface area contributed by atoms with Crippen molar-refractivity contribution in [2.45, 2.75) is 32.2 Å². The highest BCUT2D eigenvalue weighted by atomic mass is 32.1. The molecule has 0 saturated carbocycles. The largest absolute Gasteiger partial charge is 0.493 e. The maximum atomic E-state index is 6.25. The molecule has 0 amide bonds. The summed E-state index contributed by atoms with van der Waals surface area (Å²) in [6.45, 7) is 6.89. The van der Waals surface area contributed by atoms with Gasteiger partial charge < -0.3 is 29.2 Å². The van der Waals surface area contributed by atoms with Crippen LogP contribution in [-0.2, 0) is 11.2 Å². The molecule has 2 aromatic rings. The summed E-state index contributed by atoms with van der Waals surface area (Å²) < 4.78 is 22.5. The summed E-state index contributed by atoms with van der Waals surface area (Å²) in [5.41, 5.74) is 3.66. The Hall–Kier alpha value is -2.51. The Labute approximate surface area is 196 Å². The molecule has 1 N–H and O–H groups in total. The molecule has 0 radical (unpaired) electrons. The number of thiocarbonyl (C=S) groups is 1. The van der Waals surface area contributed by atoms with E-state index in [1.807, 2.05) is 18.2 Å². The lowest BCUT2D eigenvalue weighted by molar-refractivity contribution is 0.182. The fraction of sp³-hybridized carbons (Fsp3) is 0.480. The second kappa shape index (κ2) is 11.4. The first-order valence-corrected chi connectivity index (χ1v) is 11.4. The van der Waals surface area contributed by atoms with Crippen LogP contribution in [-0.4, -0.2) is 57.6 Å². The molecular formula is C25H34N2O4S. The normalized spacial score (nSPS) is 15.3. The summed E-state index contributed by atoms with van der Waals surface area (Å²) in [4.78, 5) is 2.20. The fourth-order valence-corrected chi connectivity index (χ4v) is 4.26. The van der Waals surface area contributed by atoms with Crippen molar-refractivity contribution in [3.05, 3.63) is 53.1 Å². The van der Waals surface area contributed by atoms with Crippen LogP contribution in [0, 0.1) is 0 Å². The van der Waals surface area contributed by atoms with Crippen LogP contribution >= 0.6 is 12.2 Å². The number of hydrogen-bond donors (Lipinski definition) is 1. The minimum Gasteiger partial charge on any atom is -0.493 e. The van der Waals surface area contributed by atoms with Crippen molar-refractivity contribution in [2.24, 2.45) is 0 Å². The molecule has 6 nitrogen and oxygen atoms in total. The second-order valence-electron chi connectivity index (χ2n) is 8.12. The van der Waals surface area contributed by atoms with Gasteiger partial charge in [-0.15, -0.1) is 0 Å². The van der Waals surface area contributed by atoms with Gasteiger partial charge in [0.05, 0.1) is 26.9 Å². The Kier molecular flexibility index (Phi) is 8.59. The van der Waals surface area contributed by atoms with Gasteiger partial charge in [-0.05, 0) is 65.5 Å². The zero-order valence-electron chi connectivity index (χ0n) is 19.6. The number of methoxy groups -OCH3 is 3. The Morgan fingerprint density at radius 3 is 2.41 bits per heavy atom. The lowest BCUT2D eigenvalue weighted by Crippen LogP contribution is -2.47. The van der Waals surface area contributed by atoms with Crippen LogP contribution < -0.4 is 19.5 Å². The molecule has 2 aromatic carbocycles. The number of ether oxygens (including phenoxy) is 4. The summed E-state index contributed by atoms with van der Waals surface area (Å²) in [7, 11) is 5.00. The summed E-state index contributed by atoms with van der Waals surface area (Å²) in [5, 5.41) is 4.00. The minimum atomic E-state index is -0.0501. The molecule has 1 aliphatic heterocycles. The quantitative estimate of drug-likeness (QED) is 0.443. The fourth-order valence-electron chi connectivity index (χ4n) is 3.94. The first-order valence-electron chi connectivity index (χ1n) is 11.0. The summed E-state index contributed by atoms with van der Waals surface area (Å²) >= 11 is 5.73. The van der Waals surface area contributed by atoms with E-state index < -0.39 is 0 Å². The van der Waals surface area contributed by atoms with Gasteiger partial charge in [-0.3, -0.25) is 0 Å². The predicted molar refractivity (Wildman–Crippen MR) is 131 cm³/mol. The van der Waals surface area contributed by atoms with Crippen molar-refractivity contribution in [1.29, 1.82) is 0 Å². The molecule has 1 atom stereocenters. The number of benzene rings is 2. The first-order chi connectivity index (χ1) is 15.5. The number of hydrogen-bond acceptors (Lipinski definition) is 5. The van der Waals surface area contributed by atoms with Crippen molar-refractivity contribution < 1.29 is 18.9 Å². The summed E-state index contributed by atoms with van der Waals surface area (Å²) in [5.74, 6) is 2.78. The lowest BCUT2D eigenvalue weighted by Gasteiger charge is -2.39. The van der Waals surface area contributed by atoms with E-state index in [9.17, 15) is 0 Å². The molecule has 0 unspecified atom stereocenters. The van der Waals surface area contributed by atoms with E-state index in [4.69, 9.17) is 31.2 Å². The maximum Gasteiger partial charge on any atom is 0.169 e. The van der Waals surface area contributed by atoms with Crippen molar-refractivity contribution in [3.63, 3.8) is 0 Å². The van der Waals surface area contributed by atoms with Crippen LogP contribution in [0.3, 0.4) is 0 Å². The highest BCUT2D eigenvalue weighted by molar-refractivity contribution is 7.80. The van der Waals surface area contributed by atoms with E-state index in [0.717, 1.165) is 30.0 Å². The van der Waals surface area contributed by atoms with Crippen LogP contribution in [0.2, 0.25) is 0 Å². The van der Waals surface area contributed by atoms with Gasteiger partial charge in [0.15, 0.2) is 16.6 Å². The molecule has 174 valence electrons. The molecule has 32 heavy (non-hydrogen) atoms.